The van der Waals surface area contributed by atoms with Gasteiger partial charge in [-0.2, -0.15) is 5.10 Å². The van der Waals surface area contributed by atoms with Crippen LogP contribution in [0.25, 0.3) is 0 Å². The van der Waals surface area contributed by atoms with Crippen LogP contribution in [0.15, 0.2) is 4.79 Å². The lowest BCUT2D eigenvalue weighted by molar-refractivity contribution is 0.493. The zero-order chi connectivity index (χ0) is 13.0. The standard InChI is InChI=1S/C13H24N4O/c1-11(2)6-7-14-8-10-17-13(18)16-9-4-3-5-12(16)15-17/h11,14H,3-10H2,1-2H3. The van der Waals surface area contributed by atoms with Crippen molar-refractivity contribution < 1.29 is 0 Å². The van der Waals surface area contributed by atoms with Crippen LogP contribution in [0.5, 0.6) is 0 Å². The van der Waals surface area contributed by atoms with Gasteiger partial charge >= 0.3 is 5.69 Å². The molecule has 1 aliphatic rings. The summed E-state index contributed by atoms with van der Waals surface area (Å²) < 4.78 is 3.45. The van der Waals surface area contributed by atoms with E-state index in [1.165, 1.54) is 6.42 Å². The highest BCUT2D eigenvalue weighted by molar-refractivity contribution is 4.91. The van der Waals surface area contributed by atoms with Crippen molar-refractivity contribution >= 4 is 0 Å². The van der Waals surface area contributed by atoms with E-state index < -0.39 is 0 Å². The molecule has 5 nitrogen and oxygen atoms in total. The van der Waals surface area contributed by atoms with E-state index >= 15 is 0 Å². The fraction of sp³-hybridized carbons (Fsp3) is 0.846. The second kappa shape index (κ2) is 6.18. The van der Waals surface area contributed by atoms with E-state index in [0.29, 0.717) is 6.54 Å². The van der Waals surface area contributed by atoms with Gasteiger partial charge in [0.25, 0.3) is 0 Å². The highest BCUT2D eigenvalue weighted by atomic mass is 16.2. The van der Waals surface area contributed by atoms with Crippen LogP contribution >= 0.6 is 0 Å². The van der Waals surface area contributed by atoms with Gasteiger partial charge in [0.05, 0.1) is 6.54 Å². The van der Waals surface area contributed by atoms with Crippen molar-refractivity contribution in [1.29, 1.82) is 0 Å². The van der Waals surface area contributed by atoms with Crippen LogP contribution in [0.3, 0.4) is 0 Å². The number of nitrogens with one attached hydrogen (secondary N) is 1. The third kappa shape index (κ3) is 3.22. The van der Waals surface area contributed by atoms with Crippen LogP contribution in [0.1, 0.15) is 38.9 Å². The van der Waals surface area contributed by atoms with Crippen molar-refractivity contribution in [2.75, 3.05) is 13.1 Å². The van der Waals surface area contributed by atoms with Crippen molar-refractivity contribution in [2.24, 2.45) is 5.92 Å². The SMILES string of the molecule is CC(C)CCNCCn1nc2n(c1=O)CCCC2. The van der Waals surface area contributed by atoms with Gasteiger partial charge in [0.2, 0.25) is 0 Å². The minimum Gasteiger partial charge on any atom is -0.315 e. The number of rotatable bonds is 6. The number of aryl methyl sites for hydroxylation is 1. The Morgan fingerprint density at radius 2 is 2.17 bits per heavy atom. The van der Waals surface area contributed by atoms with Crippen molar-refractivity contribution in [3.8, 4) is 0 Å². The molecule has 0 unspecified atom stereocenters. The van der Waals surface area contributed by atoms with Crippen molar-refractivity contribution in [3.63, 3.8) is 0 Å². The molecule has 5 heteroatoms. The van der Waals surface area contributed by atoms with Crippen molar-refractivity contribution in [2.45, 2.75) is 52.6 Å². The molecule has 1 aromatic rings. The molecular weight excluding hydrogens is 228 g/mol. The van der Waals surface area contributed by atoms with E-state index in [1.807, 2.05) is 4.57 Å². The van der Waals surface area contributed by atoms with Gasteiger partial charge in [-0.15, -0.1) is 0 Å². The Hall–Kier alpha value is -1.10. The number of aromatic nitrogens is 3. The molecule has 102 valence electrons. The smallest absolute Gasteiger partial charge is 0.315 e. The second-order valence-electron chi connectivity index (χ2n) is 5.46. The third-order valence-corrected chi connectivity index (χ3v) is 3.43. The molecule has 2 heterocycles. The van der Waals surface area contributed by atoms with E-state index in [1.54, 1.807) is 4.68 Å². The predicted octanol–water partition coefficient (Wildman–Crippen LogP) is 1.02. The van der Waals surface area contributed by atoms with Crippen LogP contribution in [0, 0.1) is 5.92 Å². The first-order valence-electron chi connectivity index (χ1n) is 7.05. The highest BCUT2D eigenvalue weighted by Gasteiger charge is 2.15. The molecule has 0 spiro atoms. The van der Waals surface area contributed by atoms with E-state index in [4.69, 9.17) is 0 Å². The summed E-state index contributed by atoms with van der Waals surface area (Å²) >= 11 is 0. The van der Waals surface area contributed by atoms with Crippen LogP contribution in [-0.4, -0.2) is 27.4 Å². The summed E-state index contributed by atoms with van der Waals surface area (Å²) in [6, 6.07) is 0. The Morgan fingerprint density at radius 3 is 2.89 bits per heavy atom. The average Bonchev–Trinajstić information content (AvgIpc) is 2.66. The summed E-state index contributed by atoms with van der Waals surface area (Å²) in [4.78, 5) is 12.0. The molecule has 0 saturated carbocycles. The molecule has 18 heavy (non-hydrogen) atoms. The zero-order valence-corrected chi connectivity index (χ0v) is 11.5. The molecule has 1 aliphatic heterocycles. The first kappa shape index (κ1) is 13.3. The molecule has 0 saturated heterocycles. The second-order valence-corrected chi connectivity index (χ2v) is 5.46. The summed E-state index contributed by atoms with van der Waals surface area (Å²) in [5.74, 6) is 1.69. The molecule has 1 N–H and O–H groups in total. The highest BCUT2D eigenvalue weighted by Crippen LogP contribution is 2.08. The molecule has 0 radical (unpaired) electrons. The predicted molar refractivity (Wildman–Crippen MR) is 71.7 cm³/mol. The molecule has 0 bridgehead atoms. The maximum absolute atomic E-state index is 12.0. The minimum atomic E-state index is 0.0651. The van der Waals surface area contributed by atoms with Crippen LogP contribution < -0.4 is 11.0 Å². The van der Waals surface area contributed by atoms with Crippen LogP contribution in [0.2, 0.25) is 0 Å². The lowest BCUT2D eigenvalue weighted by Gasteiger charge is -2.09. The van der Waals surface area contributed by atoms with Gasteiger partial charge < -0.3 is 5.32 Å². The number of nitrogens with zero attached hydrogens (tertiary/aromatic N) is 3. The Kier molecular flexibility index (Phi) is 4.58. The lowest BCUT2D eigenvalue weighted by atomic mass is 10.1. The summed E-state index contributed by atoms with van der Waals surface area (Å²) in [5, 5.41) is 7.77. The van der Waals surface area contributed by atoms with Crippen molar-refractivity contribution in [3.05, 3.63) is 16.3 Å². The molecule has 0 amide bonds. The van der Waals surface area contributed by atoms with Crippen LogP contribution in [-0.2, 0) is 19.5 Å². The molecule has 0 aromatic carbocycles. The Morgan fingerprint density at radius 1 is 1.33 bits per heavy atom. The van der Waals surface area contributed by atoms with Gasteiger partial charge in [-0.05, 0) is 31.7 Å². The zero-order valence-electron chi connectivity index (χ0n) is 11.5. The van der Waals surface area contributed by atoms with E-state index in [0.717, 1.165) is 50.6 Å². The lowest BCUT2D eigenvalue weighted by Crippen LogP contribution is -2.30. The fourth-order valence-corrected chi connectivity index (χ4v) is 2.29. The summed E-state index contributed by atoms with van der Waals surface area (Å²) in [5.41, 5.74) is 0.0651. The topological polar surface area (TPSA) is 51.9 Å². The van der Waals surface area contributed by atoms with Gasteiger partial charge in [-0.1, -0.05) is 13.8 Å². The van der Waals surface area contributed by atoms with E-state index in [2.05, 4.69) is 24.3 Å². The van der Waals surface area contributed by atoms with E-state index in [-0.39, 0.29) is 5.69 Å². The van der Waals surface area contributed by atoms with Gasteiger partial charge in [-0.25, -0.2) is 9.48 Å². The molecular formula is C13H24N4O. The third-order valence-electron chi connectivity index (χ3n) is 3.43. The normalized spacial score (nSPS) is 15.1. The van der Waals surface area contributed by atoms with Crippen molar-refractivity contribution in [1.82, 2.24) is 19.7 Å². The molecule has 1 aromatic heterocycles. The van der Waals surface area contributed by atoms with Gasteiger partial charge in [0, 0.05) is 19.5 Å². The maximum Gasteiger partial charge on any atom is 0.345 e. The number of hydrogen-bond acceptors (Lipinski definition) is 3. The minimum absolute atomic E-state index is 0.0651. The molecule has 2 rings (SSSR count). The number of hydrogen-bond donors (Lipinski definition) is 1. The first-order valence-corrected chi connectivity index (χ1v) is 7.05. The Bertz CT molecular complexity index is 433. The van der Waals surface area contributed by atoms with Gasteiger partial charge in [-0.3, -0.25) is 4.57 Å². The summed E-state index contributed by atoms with van der Waals surface area (Å²) in [6.07, 6.45) is 4.38. The Labute approximate surface area is 108 Å². The monoisotopic (exact) mass is 252 g/mol. The maximum atomic E-state index is 12.0. The first-order chi connectivity index (χ1) is 8.68. The quantitative estimate of drug-likeness (QED) is 0.769. The Balaban J connectivity index is 1.83. The van der Waals surface area contributed by atoms with Gasteiger partial charge in [0.1, 0.15) is 5.82 Å². The summed E-state index contributed by atoms with van der Waals surface area (Å²) in [7, 11) is 0. The van der Waals surface area contributed by atoms with Crippen LogP contribution in [0.4, 0.5) is 0 Å². The summed E-state index contributed by atoms with van der Waals surface area (Å²) in [6.45, 7) is 7.79. The molecule has 0 atom stereocenters. The fourth-order valence-electron chi connectivity index (χ4n) is 2.29. The van der Waals surface area contributed by atoms with E-state index in [9.17, 15) is 4.79 Å². The molecule has 0 fully saturated rings. The average molecular weight is 252 g/mol. The van der Waals surface area contributed by atoms with Gasteiger partial charge in [0.15, 0.2) is 0 Å². The largest absolute Gasteiger partial charge is 0.345 e. The number of fused-ring (bicyclic) bond motifs is 1. The molecule has 0 aliphatic carbocycles.